The number of anilines is 2. The van der Waals surface area contributed by atoms with Crippen molar-refractivity contribution < 1.29 is 23.9 Å². The molecule has 48 heavy (non-hydrogen) atoms. The van der Waals surface area contributed by atoms with E-state index in [0.29, 0.717) is 22.6 Å². The number of hydrogen-bond acceptors (Lipinski definition) is 6. The van der Waals surface area contributed by atoms with Crippen LogP contribution in [0.3, 0.4) is 0 Å². The number of fused-ring (bicyclic) bond motifs is 6. The normalized spacial score (nSPS) is 21.8. The van der Waals surface area contributed by atoms with Crippen LogP contribution in [-0.4, -0.2) is 36.9 Å². The van der Waals surface area contributed by atoms with Gasteiger partial charge >= 0.3 is 5.97 Å². The van der Waals surface area contributed by atoms with Crippen molar-refractivity contribution in [2.24, 2.45) is 5.92 Å². The van der Waals surface area contributed by atoms with E-state index in [9.17, 15) is 9.59 Å². The molecule has 5 aromatic carbocycles. The van der Waals surface area contributed by atoms with Gasteiger partial charge in [-0.3, -0.25) is 14.4 Å². The lowest BCUT2D eigenvalue weighted by atomic mass is 9.66. The topological polar surface area (TPSA) is 84.9 Å². The van der Waals surface area contributed by atoms with Gasteiger partial charge in [-0.2, -0.15) is 0 Å². The van der Waals surface area contributed by atoms with Crippen LogP contribution >= 0.6 is 0 Å². The number of carbonyl (C=O) groups is 3. The van der Waals surface area contributed by atoms with E-state index in [-0.39, 0.29) is 11.7 Å². The maximum absolute atomic E-state index is 15.2. The van der Waals surface area contributed by atoms with E-state index >= 15 is 4.79 Å². The predicted molar refractivity (Wildman–Crippen MR) is 184 cm³/mol. The van der Waals surface area contributed by atoms with Crippen molar-refractivity contribution in [2.75, 3.05) is 17.3 Å². The number of para-hydroxylation sites is 2. The van der Waals surface area contributed by atoms with Crippen molar-refractivity contribution >= 4 is 35.1 Å². The van der Waals surface area contributed by atoms with Crippen LogP contribution in [-0.2, 0) is 19.7 Å². The Hall–Kier alpha value is -5.95. The van der Waals surface area contributed by atoms with E-state index in [4.69, 9.17) is 9.47 Å². The fourth-order valence-electron chi connectivity index (χ4n) is 7.78. The molecule has 3 heterocycles. The first kappa shape index (κ1) is 29.5. The molecule has 1 saturated heterocycles. The minimum absolute atomic E-state index is 0.292. The molecule has 0 radical (unpaired) electrons. The van der Waals surface area contributed by atoms with Crippen molar-refractivity contribution in [2.45, 2.75) is 23.6 Å². The van der Waals surface area contributed by atoms with Crippen molar-refractivity contribution in [1.82, 2.24) is 0 Å². The Bertz CT molecular complexity index is 2020. The minimum atomic E-state index is -1.47. The lowest BCUT2D eigenvalue weighted by Crippen LogP contribution is -2.51. The van der Waals surface area contributed by atoms with Gasteiger partial charge in [0.1, 0.15) is 23.1 Å². The number of hydrogen-bond donors (Lipinski definition) is 1. The highest BCUT2D eigenvalue weighted by Gasteiger charge is 2.71. The Balaban J connectivity index is 1.35. The van der Waals surface area contributed by atoms with Crippen LogP contribution in [0, 0.1) is 5.92 Å². The lowest BCUT2D eigenvalue weighted by molar-refractivity contribution is -0.156. The maximum Gasteiger partial charge on any atom is 0.314 e. The average Bonchev–Trinajstić information content (AvgIpc) is 3.63. The average molecular weight is 633 g/mol. The molecule has 1 spiro atoms. The molecule has 7 nitrogen and oxygen atoms in total. The van der Waals surface area contributed by atoms with Gasteiger partial charge in [-0.05, 0) is 58.7 Å². The van der Waals surface area contributed by atoms with Crippen molar-refractivity contribution in [3.05, 3.63) is 167 Å². The molecular formula is C41H32N2O5. The smallest absolute Gasteiger partial charge is 0.314 e. The molecule has 1 N–H and O–H groups in total. The van der Waals surface area contributed by atoms with Crippen LogP contribution in [0.1, 0.15) is 38.7 Å². The molecule has 3 aliphatic rings. The zero-order valence-corrected chi connectivity index (χ0v) is 26.2. The highest BCUT2D eigenvalue weighted by molar-refractivity contribution is 6.15. The summed E-state index contributed by atoms with van der Waals surface area (Å²) in [7, 11) is 1.57. The standard InChI is InChI=1S/C41H32N2O5/c1-47-30-23-20-27(21-24-30)37(44)36-35(39(45)48-38(28-13-4-2-5-14-28)29-15-6-3-7-16-29)41(31-17-9-10-18-32(31)42-40(41)46)34-25-22-26-12-8-11-19-33(26)43(34)36/h2-25,34-36,38H,1H3,(H,42,46)/t34-,35+,36-,41-/m1/s1. The van der Waals surface area contributed by atoms with E-state index in [1.165, 1.54) is 0 Å². The van der Waals surface area contributed by atoms with Crippen molar-refractivity contribution in [1.29, 1.82) is 0 Å². The molecule has 236 valence electrons. The zero-order chi connectivity index (χ0) is 32.8. The number of carbonyl (C=O) groups excluding carboxylic acids is 3. The van der Waals surface area contributed by atoms with E-state index < -0.39 is 35.5 Å². The van der Waals surface area contributed by atoms with Crippen LogP contribution in [0.5, 0.6) is 5.75 Å². The Labute approximate surface area is 278 Å². The van der Waals surface area contributed by atoms with Crippen LogP contribution in [0.15, 0.2) is 140 Å². The van der Waals surface area contributed by atoms with E-state index in [2.05, 4.69) is 5.32 Å². The van der Waals surface area contributed by atoms with E-state index in [1.807, 2.05) is 126 Å². The molecule has 0 bridgehead atoms. The second kappa shape index (κ2) is 11.7. The number of ether oxygens (including phenoxy) is 2. The van der Waals surface area contributed by atoms with Gasteiger partial charge in [-0.15, -0.1) is 0 Å². The number of amides is 1. The number of Topliss-reactive ketones (excluding diaryl/α,β-unsaturated/α-hetero) is 1. The Morgan fingerprint density at radius 2 is 1.40 bits per heavy atom. The second-order valence-electron chi connectivity index (χ2n) is 12.3. The summed E-state index contributed by atoms with van der Waals surface area (Å²) in [6.45, 7) is 0. The Morgan fingerprint density at radius 1 is 0.771 bits per heavy atom. The summed E-state index contributed by atoms with van der Waals surface area (Å²) in [5.41, 5.74) is 3.43. The maximum atomic E-state index is 15.2. The van der Waals surface area contributed by atoms with Gasteiger partial charge in [-0.25, -0.2) is 0 Å². The van der Waals surface area contributed by atoms with Gasteiger partial charge < -0.3 is 19.7 Å². The lowest BCUT2D eigenvalue weighted by Gasteiger charge is -2.37. The first-order chi connectivity index (χ1) is 23.5. The highest BCUT2D eigenvalue weighted by atomic mass is 16.5. The summed E-state index contributed by atoms with van der Waals surface area (Å²) >= 11 is 0. The van der Waals surface area contributed by atoms with Gasteiger partial charge in [0.15, 0.2) is 11.9 Å². The molecule has 8 rings (SSSR count). The predicted octanol–water partition coefficient (Wildman–Crippen LogP) is 7.00. The van der Waals surface area contributed by atoms with Crippen LogP contribution in [0.25, 0.3) is 6.08 Å². The quantitative estimate of drug-likeness (QED) is 0.154. The number of esters is 1. The number of nitrogens with zero attached hydrogens (tertiary/aromatic N) is 1. The molecule has 1 amide bonds. The molecule has 0 saturated carbocycles. The summed E-state index contributed by atoms with van der Waals surface area (Å²) < 4.78 is 11.9. The van der Waals surface area contributed by atoms with Gasteiger partial charge in [0.05, 0.1) is 13.2 Å². The van der Waals surface area contributed by atoms with Gasteiger partial charge in [0, 0.05) is 16.9 Å². The third-order valence-electron chi connectivity index (χ3n) is 9.88. The van der Waals surface area contributed by atoms with Gasteiger partial charge in [-0.1, -0.05) is 109 Å². The minimum Gasteiger partial charge on any atom is -0.497 e. The number of rotatable bonds is 7. The summed E-state index contributed by atoms with van der Waals surface area (Å²) in [5, 5.41) is 3.07. The Morgan fingerprint density at radius 3 is 2.08 bits per heavy atom. The SMILES string of the molecule is COc1ccc(C(=O)[C@H]2[C@@H](C(=O)OC(c3ccccc3)c3ccccc3)[C@]3(C(=O)Nc4ccccc43)[C@H]3C=Cc4ccccc4N23)cc1. The van der Waals surface area contributed by atoms with Crippen molar-refractivity contribution in [3.63, 3.8) is 0 Å². The zero-order valence-electron chi connectivity index (χ0n) is 26.2. The number of nitrogens with one attached hydrogen (secondary N) is 1. The monoisotopic (exact) mass is 632 g/mol. The molecule has 3 aliphatic heterocycles. The fraction of sp³-hybridized carbons (Fsp3) is 0.146. The molecule has 0 unspecified atom stereocenters. The third-order valence-corrected chi connectivity index (χ3v) is 9.88. The second-order valence-corrected chi connectivity index (χ2v) is 12.3. The number of ketones is 1. The van der Waals surface area contributed by atoms with E-state index in [0.717, 1.165) is 22.4 Å². The molecule has 4 atom stereocenters. The van der Waals surface area contributed by atoms with Crippen LogP contribution in [0.4, 0.5) is 11.4 Å². The van der Waals surface area contributed by atoms with Gasteiger partial charge in [0.25, 0.3) is 0 Å². The molecule has 0 aromatic heterocycles. The van der Waals surface area contributed by atoms with E-state index in [1.54, 1.807) is 31.4 Å². The van der Waals surface area contributed by atoms with Crippen molar-refractivity contribution in [3.8, 4) is 5.75 Å². The number of benzene rings is 5. The molecular weight excluding hydrogens is 600 g/mol. The summed E-state index contributed by atoms with van der Waals surface area (Å²) in [5.74, 6) is -1.88. The molecule has 7 heteroatoms. The molecule has 1 fully saturated rings. The fourth-order valence-corrected chi connectivity index (χ4v) is 7.78. The van der Waals surface area contributed by atoms with Crippen LogP contribution in [0.2, 0.25) is 0 Å². The van der Waals surface area contributed by atoms with Gasteiger partial charge in [0.2, 0.25) is 5.91 Å². The highest BCUT2D eigenvalue weighted by Crippen LogP contribution is 2.58. The Kier molecular flexibility index (Phi) is 7.17. The summed E-state index contributed by atoms with van der Waals surface area (Å²) in [4.78, 5) is 46.8. The summed E-state index contributed by atoms with van der Waals surface area (Å²) in [6, 6.07) is 39.4. The van der Waals surface area contributed by atoms with Crippen LogP contribution < -0.4 is 15.0 Å². The molecule has 0 aliphatic carbocycles. The largest absolute Gasteiger partial charge is 0.497 e. The summed E-state index contributed by atoms with van der Waals surface area (Å²) in [6.07, 6.45) is 3.16. The first-order valence-electron chi connectivity index (χ1n) is 16.0. The number of methoxy groups -OCH3 is 1. The molecule has 5 aromatic rings. The first-order valence-corrected chi connectivity index (χ1v) is 16.0. The third kappa shape index (κ3) is 4.46.